The fourth-order valence-corrected chi connectivity index (χ4v) is 1.71. The topological polar surface area (TPSA) is 84.4 Å². The lowest BCUT2D eigenvalue weighted by atomic mass is 10.3. The van der Waals surface area contributed by atoms with E-state index in [0.29, 0.717) is 23.9 Å². The molecule has 0 saturated carbocycles. The summed E-state index contributed by atoms with van der Waals surface area (Å²) in [4.78, 5) is 16.5. The second-order valence-corrected chi connectivity index (χ2v) is 3.98. The van der Waals surface area contributed by atoms with Crippen molar-refractivity contribution in [3.05, 3.63) is 46.4 Å². The summed E-state index contributed by atoms with van der Waals surface area (Å²) in [6.07, 6.45) is 1.56. The first-order valence-corrected chi connectivity index (χ1v) is 5.68. The van der Waals surface area contributed by atoms with Crippen molar-refractivity contribution in [2.24, 2.45) is 0 Å². The predicted octanol–water partition coefficient (Wildman–Crippen LogP) is 2.26. The molecule has 0 radical (unpaired) electrons. The lowest BCUT2D eigenvalue weighted by Gasteiger charge is -2.17. The van der Waals surface area contributed by atoms with Gasteiger partial charge in [0.05, 0.1) is 17.7 Å². The molecule has 2 aromatic heterocycles. The van der Waals surface area contributed by atoms with Crippen molar-refractivity contribution < 1.29 is 9.34 Å². The molecular weight excluding hydrogens is 248 g/mol. The molecule has 0 aliphatic heterocycles. The maximum atomic E-state index is 11.0. The average Bonchev–Trinajstić information content (AvgIpc) is 2.90. The number of hydrogen-bond donors (Lipinski definition) is 1. The molecule has 19 heavy (non-hydrogen) atoms. The maximum Gasteiger partial charge on any atom is 0.311 e. The monoisotopic (exact) mass is 262 g/mol. The molecule has 0 fully saturated rings. The van der Waals surface area contributed by atoms with Crippen LogP contribution >= 0.6 is 0 Å². The Balaban J connectivity index is 2.32. The normalized spacial score (nSPS) is 10.2. The predicted molar refractivity (Wildman–Crippen MR) is 71.3 cm³/mol. The summed E-state index contributed by atoms with van der Waals surface area (Å²) in [5, 5.41) is 13.9. The fraction of sp³-hybridized carbons (Fsp3) is 0.250. The van der Waals surface area contributed by atoms with Crippen LogP contribution in [-0.4, -0.2) is 24.0 Å². The number of nitro groups is 1. The Kier molecular flexibility index (Phi) is 3.65. The molecule has 0 amide bonds. The molecule has 0 unspecified atom stereocenters. The standard InChI is InChI=1S/C12H14N4O3/c1-13-11-6-5-10(16(17)18)12(14-11)15(2)8-9-4-3-7-19-9/h3-7H,8H2,1-2H3,(H,13,14). The Bertz CT molecular complexity index is 568. The average molecular weight is 262 g/mol. The minimum atomic E-state index is -0.444. The molecule has 7 heteroatoms. The van der Waals surface area contributed by atoms with Crippen molar-refractivity contribution in [3.8, 4) is 0 Å². The van der Waals surface area contributed by atoms with Gasteiger partial charge in [-0.2, -0.15) is 0 Å². The number of rotatable bonds is 5. The highest BCUT2D eigenvalue weighted by atomic mass is 16.6. The van der Waals surface area contributed by atoms with Crippen molar-refractivity contribution >= 4 is 17.3 Å². The number of hydrogen-bond acceptors (Lipinski definition) is 6. The summed E-state index contributed by atoms with van der Waals surface area (Å²) >= 11 is 0. The van der Waals surface area contributed by atoms with Gasteiger partial charge < -0.3 is 14.6 Å². The highest BCUT2D eigenvalue weighted by Crippen LogP contribution is 2.27. The van der Waals surface area contributed by atoms with Crippen LogP contribution < -0.4 is 10.2 Å². The van der Waals surface area contributed by atoms with Crippen LogP contribution in [0.25, 0.3) is 0 Å². The number of furan rings is 1. The molecule has 2 heterocycles. The number of anilines is 2. The van der Waals surface area contributed by atoms with Gasteiger partial charge in [0.25, 0.3) is 0 Å². The van der Waals surface area contributed by atoms with Crippen LogP contribution in [-0.2, 0) is 6.54 Å². The van der Waals surface area contributed by atoms with Crippen LogP contribution in [0, 0.1) is 10.1 Å². The van der Waals surface area contributed by atoms with Gasteiger partial charge in [-0.25, -0.2) is 4.98 Å². The summed E-state index contributed by atoms with van der Waals surface area (Å²) in [5.74, 6) is 1.59. The van der Waals surface area contributed by atoms with Gasteiger partial charge in [0.1, 0.15) is 11.6 Å². The highest BCUT2D eigenvalue weighted by molar-refractivity contribution is 5.61. The van der Waals surface area contributed by atoms with Crippen molar-refractivity contribution in [3.63, 3.8) is 0 Å². The molecule has 100 valence electrons. The van der Waals surface area contributed by atoms with Crippen LogP contribution in [0.3, 0.4) is 0 Å². The second kappa shape index (κ2) is 5.38. The summed E-state index contributed by atoms with van der Waals surface area (Å²) in [6, 6.07) is 6.59. The van der Waals surface area contributed by atoms with Gasteiger partial charge in [0.2, 0.25) is 5.82 Å². The van der Waals surface area contributed by atoms with Crippen LogP contribution in [0.2, 0.25) is 0 Å². The molecule has 0 aliphatic carbocycles. The quantitative estimate of drug-likeness (QED) is 0.657. The van der Waals surface area contributed by atoms with E-state index in [9.17, 15) is 10.1 Å². The van der Waals surface area contributed by atoms with Crippen LogP contribution in [0.1, 0.15) is 5.76 Å². The number of nitrogens with zero attached hydrogens (tertiary/aromatic N) is 3. The lowest BCUT2D eigenvalue weighted by molar-refractivity contribution is -0.384. The zero-order valence-corrected chi connectivity index (χ0v) is 10.7. The van der Waals surface area contributed by atoms with E-state index >= 15 is 0 Å². The van der Waals surface area contributed by atoms with Crippen LogP contribution in [0.5, 0.6) is 0 Å². The van der Waals surface area contributed by atoms with Crippen LogP contribution in [0.15, 0.2) is 34.9 Å². The van der Waals surface area contributed by atoms with E-state index in [1.807, 2.05) is 6.07 Å². The molecule has 0 saturated heterocycles. The van der Waals surface area contributed by atoms with Gasteiger partial charge >= 0.3 is 5.69 Å². The first kappa shape index (κ1) is 12.9. The third-order valence-electron chi connectivity index (χ3n) is 2.64. The third kappa shape index (κ3) is 2.82. The molecular formula is C12H14N4O3. The molecule has 7 nitrogen and oxygen atoms in total. The minimum Gasteiger partial charge on any atom is -0.467 e. The summed E-state index contributed by atoms with van der Waals surface area (Å²) < 4.78 is 5.23. The summed E-state index contributed by atoms with van der Waals surface area (Å²) in [6.45, 7) is 0.411. The zero-order valence-electron chi connectivity index (χ0n) is 10.7. The Morgan fingerprint density at radius 3 is 2.84 bits per heavy atom. The fourth-order valence-electron chi connectivity index (χ4n) is 1.71. The Labute approximate surface area is 110 Å². The van der Waals surface area contributed by atoms with E-state index in [1.165, 1.54) is 6.07 Å². The maximum absolute atomic E-state index is 11.0. The number of nitrogens with one attached hydrogen (secondary N) is 1. The van der Waals surface area contributed by atoms with Gasteiger partial charge in [-0.3, -0.25) is 10.1 Å². The second-order valence-electron chi connectivity index (χ2n) is 3.98. The molecule has 2 rings (SSSR count). The molecule has 0 spiro atoms. The third-order valence-corrected chi connectivity index (χ3v) is 2.64. The van der Waals surface area contributed by atoms with E-state index < -0.39 is 4.92 Å². The van der Waals surface area contributed by atoms with E-state index in [0.717, 1.165) is 0 Å². The van der Waals surface area contributed by atoms with E-state index in [-0.39, 0.29) is 5.69 Å². The van der Waals surface area contributed by atoms with E-state index in [2.05, 4.69) is 10.3 Å². The molecule has 0 bridgehead atoms. The molecule has 2 aromatic rings. The van der Waals surface area contributed by atoms with Crippen molar-refractivity contribution in [2.75, 3.05) is 24.3 Å². The largest absolute Gasteiger partial charge is 0.467 e. The van der Waals surface area contributed by atoms with Gasteiger partial charge in [0, 0.05) is 20.2 Å². The van der Waals surface area contributed by atoms with E-state index in [4.69, 9.17) is 4.42 Å². The smallest absolute Gasteiger partial charge is 0.311 e. The Hall–Kier alpha value is -2.57. The first-order valence-electron chi connectivity index (χ1n) is 5.68. The highest BCUT2D eigenvalue weighted by Gasteiger charge is 2.20. The van der Waals surface area contributed by atoms with Crippen LogP contribution in [0.4, 0.5) is 17.3 Å². The Morgan fingerprint density at radius 2 is 2.26 bits per heavy atom. The molecule has 0 aromatic carbocycles. The summed E-state index contributed by atoms with van der Waals surface area (Å²) in [7, 11) is 3.45. The minimum absolute atomic E-state index is 0.0342. The van der Waals surface area contributed by atoms with Gasteiger partial charge in [0.15, 0.2) is 0 Å². The van der Waals surface area contributed by atoms with Gasteiger partial charge in [-0.15, -0.1) is 0 Å². The van der Waals surface area contributed by atoms with Crippen molar-refractivity contribution in [1.29, 1.82) is 0 Å². The lowest BCUT2D eigenvalue weighted by Crippen LogP contribution is -2.19. The number of pyridine rings is 1. The Morgan fingerprint density at radius 1 is 1.47 bits per heavy atom. The SMILES string of the molecule is CNc1ccc([N+](=O)[O-])c(N(C)Cc2ccco2)n1. The molecule has 0 aliphatic rings. The van der Waals surface area contributed by atoms with Gasteiger partial charge in [-0.05, 0) is 18.2 Å². The molecule has 1 N–H and O–H groups in total. The number of aromatic nitrogens is 1. The molecule has 0 atom stereocenters. The van der Waals surface area contributed by atoms with Gasteiger partial charge in [-0.1, -0.05) is 0 Å². The van der Waals surface area contributed by atoms with Crippen molar-refractivity contribution in [2.45, 2.75) is 6.54 Å². The first-order chi connectivity index (χ1) is 9.11. The van der Waals surface area contributed by atoms with Crippen molar-refractivity contribution in [1.82, 2.24) is 4.98 Å². The zero-order chi connectivity index (χ0) is 13.8. The summed E-state index contributed by atoms with van der Waals surface area (Å²) in [5.41, 5.74) is -0.0342. The van der Waals surface area contributed by atoms with E-state index in [1.54, 1.807) is 37.4 Å².